The molecule has 154 valence electrons. The number of piperidine rings is 1. The van der Waals surface area contributed by atoms with Gasteiger partial charge in [-0.05, 0) is 55.5 Å². The molecular formula is C23H24N4O3. The number of aryl methyl sites for hydroxylation is 1. The smallest absolute Gasteiger partial charge is 0.335 e. The average molecular weight is 404 g/mol. The third kappa shape index (κ3) is 4.10. The van der Waals surface area contributed by atoms with Crippen molar-refractivity contribution in [3.05, 3.63) is 61.1 Å². The van der Waals surface area contributed by atoms with Crippen LogP contribution in [0.3, 0.4) is 0 Å². The lowest BCUT2D eigenvalue weighted by molar-refractivity contribution is -0.127. The number of carboxylic acid groups (broad SMARTS) is 1. The zero-order valence-electron chi connectivity index (χ0n) is 16.7. The molecule has 4 heterocycles. The maximum Gasteiger partial charge on any atom is 0.335 e. The third-order valence-corrected chi connectivity index (χ3v) is 5.81. The second-order valence-electron chi connectivity index (χ2n) is 7.63. The van der Waals surface area contributed by atoms with Crippen LogP contribution < -0.4 is 0 Å². The number of fused-ring (bicyclic) bond motifs is 1. The van der Waals surface area contributed by atoms with Gasteiger partial charge in [-0.15, -0.1) is 0 Å². The average Bonchev–Trinajstić information content (AvgIpc) is 3.19. The van der Waals surface area contributed by atoms with Gasteiger partial charge in [-0.25, -0.2) is 4.79 Å². The first-order valence-corrected chi connectivity index (χ1v) is 10.1. The van der Waals surface area contributed by atoms with Crippen molar-refractivity contribution in [3.63, 3.8) is 0 Å². The van der Waals surface area contributed by atoms with E-state index in [-0.39, 0.29) is 11.5 Å². The highest BCUT2D eigenvalue weighted by atomic mass is 16.4. The van der Waals surface area contributed by atoms with Crippen molar-refractivity contribution in [3.8, 4) is 11.4 Å². The van der Waals surface area contributed by atoms with Crippen LogP contribution in [-0.4, -0.2) is 49.5 Å². The minimum atomic E-state index is -0.981. The molecular weight excluding hydrogens is 380 g/mol. The number of carboxylic acids is 1. The summed E-state index contributed by atoms with van der Waals surface area (Å²) in [4.78, 5) is 33.5. The molecule has 1 aliphatic heterocycles. The molecule has 3 aromatic heterocycles. The van der Waals surface area contributed by atoms with Gasteiger partial charge in [-0.2, -0.15) is 0 Å². The van der Waals surface area contributed by atoms with Crippen LogP contribution in [0, 0.1) is 5.92 Å². The summed E-state index contributed by atoms with van der Waals surface area (Å²) in [5, 5.41) is 10.2. The Morgan fingerprint density at radius 2 is 1.93 bits per heavy atom. The Balaban J connectivity index is 1.43. The molecule has 30 heavy (non-hydrogen) atoms. The first-order chi connectivity index (χ1) is 14.5. The van der Waals surface area contributed by atoms with Gasteiger partial charge in [0.05, 0.1) is 28.7 Å². The summed E-state index contributed by atoms with van der Waals surface area (Å²) < 4.78 is 2.20. The molecule has 1 amide bonds. The molecule has 1 aliphatic rings. The number of hydrogen-bond acceptors (Lipinski definition) is 4. The van der Waals surface area contributed by atoms with E-state index in [9.17, 15) is 14.7 Å². The van der Waals surface area contributed by atoms with Gasteiger partial charge in [0.2, 0.25) is 5.91 Å². The summed E-state index contributed by atoms with van der Waals surface area (Å²) >= 11 is 0. The zero-order chi connectivity index (χ0) is 21.1. The molecule has 7 nitrogen and oxygen atoms in total. The van der Waals surface area contributed by atoms with Crippen molar-refractivity contribution in [1.82, 2.24) is 19.4 Å². The Morgan fingerprint density at radius 1 is 1.17 bits per heavy atom. The van der Waals surface area contributed by atoms with Crippen LogP contribution in [0.5, 0.6) is 0 Å². The number of hydrogen-bond donors (Lipinski definition) is 1. The Morgan fingerprint density at radius 3 is 2.67 bits per heavy atom. The summed E-state index contributed by atoms with van der Waals surface area (Å²) in [7, 11) is 0. The molecule has 1 saturated heterocycles. The molecule has 0 unspecified atom stereocenters. The molecule has 0 aliphatic carbocycles. The SMILES string of the molecule is C=CC(=O)N1CCC(CCn2ccc3cc(-c4cc(C(=O)O)ccn4)ncc32)CC1. The molecule has 0 aromatic carbocycles. The van der Waals surface area contributed by atoms with Crippen LogP contribution in [0.4, 0.5) is 0 Å². The van der Waals surface area contributed by atoms with Crippen LogP contribution in [-0.2, 0) is 11.3 Å². The van der Waals surface area contributed by atoms with E-state index in [1.165, 1.54) is 24.4 Å². The number of pyridine rings is 2. The maximum absolute atomic E-state index is 11.7. The minimum absolute atomic E-state index is 0.0233. The molecule has 4 rings (SSSR count). The van der Waals surface area contributed by atoms with Crippen molar-refractivity contribution in [2.24, 2.45) is 5.92 Å². The Bertz CT molecular complexity index is 1100. The van der Waals surface area contributed by atoms with Crippen molar-refractivity contribution < 1.29 is 14.7 Å². The van der Waals surface area contributed by atoms with Crippen molar-refractivity contribution in [2.75, 3.05) is 13.1 Å². The second kappa shape index (κ2) is 8.49. The lowest BCUT2D eigenvalue weighted by Crippen LogP contribution is -2.37. The molecule has 0 saturated carbocycles. The summed E-state index contributed by atoms with van der Waals surface area (Å²) in [5.74, 6) is -0.354. The Hall–Kier alpha value is -3.48. The Labute approximate surface area is 174 Å². The number of rotatable bonds is 6. The monoisotopic (exact) mass is 404 g/mol. The minimum Gasteiger partial charge on any atom is -0.478 e. The van der Waals surface area contributed by atoms with Gasteiger partial charge in [0.15, 0.2) is 0 Å². The normalized spacial score (nSPS) is 14.7. The fourth-order valence-electron chi connectivity index (χ4n) is 4.02. The van der Waals surface area contributed by atoms with E-state index in [0.29, 0.717) is 17.3 Å². The molecule has 0 spiro atoms. The molecule has 0 bridgehead atoms. The van der Waals surface area contributed by atoms with Crippen LogP contribution in [0.15, 0.2) is 55.5 Å². The summed E-state index contributed by atoms with van der Waals surface area (Å²) in [6, 6.07) is 7.00. The number of carbonyl (C=O) groups excluding carboxylic acids is 1. The van der Waals surface area contributed by atoms with Gasteiger partial charge in [0.1, 0.15) is 0 Å². The number of aromatic carboxylic acids is 1. The topological polar surface area (TPSA) is 88.3 Å². The van der Waals surface area contributed by atoms with Gasteiger partial charge in [0, 0.05) is 37.4 Å². The third-order valence-electron chi connectivity index (χ3n) is 5.81. The van der Waals surface area contributed by atoms with Crippen LogP contribution in [0.2, 0.25) is 0 Å². The zero-order valence-corrected chi connectivity index (χ0v) is 16.7. The fraction of sp³-hybridized carbons (Fsp3) is 0.304. The summed E-state index contributed by atoms with van der Waals surface area (Å²) in [6.07, 6.45) is 9.87. The molecule has 3 aromatic rings. The molecule has 0 atom stereocenters. The number of likely N-dealkylation sites (tertiary alicyclic amines) is 1. The predicted octanol–water partition coefficient (Wildman–Crippen LogP) is 3.61. The molecule has 1 fully saturated rings. The molecule has 1 N–H and O–H groups in total. The predicted molar refractivity (Wildman–Crippen MR) is 114 cm³/mol. The number of aromatic nitrogens is 3. The molecule has 7 heteroatoms. The summed E-state index contributed by atoms with van der Waals surface area (Å²) in [6.45, 7) is 6.06. The molecule has 0 radical (unpaired) electrons. The van der Waals surface area contributed by atoms with E-state index in [4.69, 9.17) is 0 Å². The number of carbonyl (C=O) groups is 2. The van der Waals surface area contributed by atoms with E-state index in [1.54, 1.807) is 0 Å². The van der Waals surface area contributed by atoms with Crippen LogP contribution >= 0.6 is 0 Å². The highest BCUT2D eigenvalue weighted by molar-refractivity contribution is 5.89. The van der Waals surface area contributed by atoms with Gasteiger partial charge >= 0.3 is 5.97 Å². The van der Waals surface area contributed by atoms with Gasteiger partial charge < -0.3 is 14.6 Å². The first kappa shape index (κ1) is 19.8. The fourth-order valence-corrected chi connectivity index (χ4v) is 4.02. The maximum atomic E-state index is 11.7. The summed E-state index contributed by atoms with van der Waals surface area (Å²) in [5.41, 5.74) is 2.45. The Kier molecular flexibility index (Phi) is 5.61. The first-order valence-electron chi connectivity index (χ1n) is 10.1. The van der Waals surface area contributed by atoms with E-state index < -0.39 is 5.97 Å². The van der Waals surface area contributed by atoms with Crippen molar-refractivity contribution >= 4 is 22.8 Å². The highest BCUT2D eigenvalue weighted by Crippen LogP contribution is 2.25. The van der Waals surface area contributed by atoms with E-state index in [1.807, 2.05) is 23.2 Å². The van der Waals surface area contributed by atoms with E-state index in [0.717, 1.165) is 49.8 Å². The lowest BCUT2D eigenvalue weighted by Gasteiger charge is -2.31. The quantitative estimate of drug-likeness (QED) is 0.634. The number of amides is 1. The van der Waals surface area contributed by atoms with Crippen molar-refractivity contribution in [1.29, 1.82) is 0 Å². The second-order valence-corrected chi connectivity index (χ2v) is 7.63. The standard InChI is InChI=1S/C23H24N4O3/c1-2-22(28)27-10-5-16(6-11-27)4-9-26-12-7-17-13-20(25-15-21(17)26)19-14-18(23(29)30)3-8-24-19/h2-3,7-8,12-16H,1,4-6,9-11H2,(H,29,30). The van der Waals surface area contributed by atoms with Crippen LogP contribution in [0.25, 0.3) is 22.3 Å². The highest BCUT2D eigenvalue weighted by Gasteiger charge is 2.21. The van der Waals surface area contributed by atoms with Crippen LogP contribution in [0.1, 0.15) is 29.6 Å². The van der Waals surface area contributed by atoms with E-state index in [2.05, 4.69) is 27.3 Å². The van der Waals surface area contributed by atoms with E-state index >= 15 is 0 Å². The van der Waals surface area contributed by atoms with Gasteiger partial charge in [-0.3, -0.25) is 14.8 Å². The van der Waals surface area contributed by atoms with Gasteiger partial charge in [-0.1, -0.05) is 6.58 Å². The number of nitrogens with zero attached hydrogens (tertiary/aromatic N) is 4. The largest absolute Gasteiger partial charge is 0.478 e. The van der Waals surface area contributed by atoms with Gasteiger partial charge in [0.25, 0.3) is 0 Å². The van der Waals surface area contributed by atoms with Crippen molar-refractivity contribution in [2.45, 2.75) is 25.8 Å². The lowest BCUT2D eigenvalue weighted by atomic mass is 9.93.